The number of ether oxygens (including phenoxy) is 3. The van der Waals surface area contributed by atoms with Crippen molar-refractivity contribution in [2.24, 2.45) is 0 Å². The van der Waals surface area contributed by atoms with Gasteiger partial charge in [0.05, 0.1) is 20.8 Å². The van der Waals surface area contributed by atoms with Crippen molar-refractivity contribution in [1.82, 2.24) is 10.2 Å². The Morgan fingerprint density at radius 2 is 1.72 bits per heavy atom. The van der Waals surface area contributed by atoms with Crippen molar-refractivity contribution in [3.05, 3.63) is 53.1 Å². The number of carbonyl (C=O) groups is 1. The third kappa shape index (κ3) is 5.13. The number of nitrogens with zero attached hydrogens (tertiary/aromatic N) is 1. The first kappa shape index (κ1) is 20.8. The Bertz CT molecular complexity index is 834. The van der Waals surface area contributed by atoms with Crippen LogP contribution >= 0.6 is 0 Å². The molecule has 0 bridgehead atoms. The molecule has 1 heterocycles. The third-order valence-electron chi connectivity index (χ3n) is 5.20. The zero-order chi connectivity index (χ0) is 20.8. The van der Waals surface area contributed by atoms with Gasteiger partial charge >= 0.3 is 6.03 Å². The summed E-state index contributed by atoms with van der Waals surface area (Å²) in [6.07, 6.45) is 0.793. The Morgan fingerprint density at radius 1 is 1.07 bits per heavy atom. The molecule has 1 aliphatic rings. The maximum Gasteiger partial charge on any atom is 0.317 e. The predicted molar refractivity (Wildman–Crippen MR) is 113 cm³/mol. The normalized spacial score (nSPS) is 13.1. The number of benzene rings is 2. The molecule has 0 atom stereocenters. The lowest BCUT2D eigenvalue weighted by molar-refractivity contribution is 0.189. The topological polar surface area (TPSA) is 60.0 Å². The van der Waals surface area contributed by atoms with Gasteiger partial charge in [-0.05, 0) is 53.3 Å². The molecule has 0 saturated carbocycles. The smallest absolute Gasteiger partial charge is 0.317 e. The number of nitrogens with one attached hydrogen (secondary N) is 1. The van der Waals surface area contributed by atoms with Crippen molar-refractivity contribution in [1.29, 1.82) is 0 Å². The van der Waals surface area contributed by atoms with Gasteiger partial charge in [0.2, 0.25) is 0 Å². The van der Waals surface area contributed by atoms with Crippen molar-refractivity contribution >= 4 is 6.03 Å². The second kappa shape index (κ2) is 9.54. The fourth-order valence-electron chi connectivity index (χ4n) is 3.44. The minimum Gasteiger partial charge on any atom is -0.493 e. The molecule has 6 heteroatoms. The summed E-state index contributed by atoms with van der Waals surface area (Å²) in [5, 5.41) is 2.94. The molecule has 0 aromatic heterocycles. The van der Waals surface area contributed by atoms with E-state index in [0.717, 1.165) is 23.5 Å². The number of hydrogen-bond donors (Lipinski definition) is 1. The maximum absolute atomic E-state index is 12.5. The highest BCUT2D eigenvalue weighted by Crippen LogP contribution is 2.33. The number of carbonyl (C=O) groups excluding carboxylic acids is 1. The molecule has 156 valence electrons. The Kier molecular flexibility index (Phi) is 6.86. The van der Waals surface area contributed by atoms with Crippen molar-refractivity contribution in [3.8, 4) is 17.2 Å². The Balaban J connectivity index is 1.48. The van der Waals surface area contributed by atoms with E-state index in [1.165, 1.54) is 11.1 Å². The van der Waals surface area contributed by atoms with Gasteiger partial charge in [0, 0.05) is 13.1 Å². The van der Waals surface area contributed by atoms with Gasteiger partial charge in [0.1, 0.15) is 12.4 Å². The van der Waals surface area contributed by atoms with Crippen molar-refractivity contribution in [2.45, 2.75) is 32.7 Å². The zero-order valence-electron chi connectivity index (χ0n) is 17.7. The molecule has 1 aliphatic heterocycles. The zero-order valence-corrected chi connectivity index (χ0v) is 17.7. The van der Waals surface area contributed by atoms with Crippen LogP contribution in [0.1, 0.15) is 36.5 Å². The molecular weight excluding hydrogens is 368 g/mol. The Hall–Kier alpha value is -2.89. The molecule has 0 unspecified atom stereocenters. The average molecular weight is 399 g/mol. The number of methoxy groups -OCH3 is 2. The highest BCUT2D eigenvalue weighted by Gasteiger charge is 2.22. The molecule has 0 saturated heterocycles. The lowest BCUT2D eigenvalue weighted by Gasteiger charge is -2.29. The first-order valence-electron chi connectivity index (χ1n) is 10.0. The van der Waals surface area contributed by atoms with E-state index in [1.54, 1.807) is 14.2 Å². The molecule has 0 radical (unpaired) electrons. The molecule has 0 spiro atoms. The minimum atomic E-state index is -0.0795. The average Bonchev–Trinajstić information content (AvgIpc) is 2.75. The van der Waals surface area contributed by atoms with Crippen LogP contribution in [0.25, 0.3) is 0 Å². The Labute approximate surface area is 172 Å². The summed E-state index contributed by atoms with van der Waals surface area (Å²) < 4.78 is 16.5. The van der Waals surface area contributed by atoms with Crippen molar-refractivity contribution < 1.29 is 19.0 Å². The lowest BCUT2D eigenvalue weighted by Crippen LogP contribution is -2.43. The number of amides is 2. The predicted octanol–water partition coefficient (Wildman–Crippen LogP) is 3.97. The van der Waals surface area contributed by atoms with Crippen molar-refractivity contribution in [2.75, 3.05) is 33.9 Å². The quantitative estimate of drug-likeness (QED) is 0.717. The van der Waals surface area contributed by atoms with E-state index < -0.39 is 0 Å². The van der Waals surface area contributed by atoms with E-state index >= 15 is 0 Å². The monoisotopic (exact) mass is 398 g/mol. The van der Waals surface area contributed by atoms with Crippen LogP contribution in [0.2, 0.25) is 0 Å². The van der Waals surface area contributed by atoms with Crippen LogP contribution in [0, 0.1) is 0 Å². The molecule has 2 aromatic rings. The van der Waals surface area contributed by atoms with E-state index in [9.17, 15) is 4.79 Å². The van der Waals surface area contributed by atoms with E-state index in [0.29, 0.717) is 37.9 Å². The van der Waals surface area contributed by atoms with Crippen molar-refractivity contribution in [3.63, 3.8) is 0 Å². The van der Waals surface area contributed by atoms with Gasteiger partial charge in [-0.25, -0.2) is 4.79 Å². The summed E-state index contributed by atoms with van der Waals surface area (Å²) in [7, 11) is 3.25. The lowest BCUT2D eigenvalue weighted by atomic mass is 9.99. The third-order valence-corrected chi connectivity index (χ3v) is 5.20. The van der Waals surface area contributed by atoms with E-state index in [2.05, 4.69) is 31.3 Å². The van der Waals surface area contributed by atoms with E-state index in [1.807, 2.05) is 29.2 Å². The largest absolute Gasteiger partial charge is 0.493 e. The Morgan fingerprint density at radius 3 is 2.34 bits per heavy atom. The summed E-state index contributed by atoms with van der Waals surface area (Å²) >= 11 is 0. The molecule has 2 amide bonds. The fraction of sp³-hybridized carbons (Fsp3) is 0.435. The molecule has 29 heavy (non-hydrogen) atoms. The van der Waals surface area contributed by atoms with Crippen LogP contribution in [0.5, 0.6) is 17.2 Å². The fourth-order valence-corrected chi connectivity index (χ4v) is 3.44. The van der Waals surface area contributed by atoms with Crippen LogP contribution in [-0.4, -0.2) is 44.8 Å². The van der Waals surface area contributed by atoms with Gasteiger partial charge in [0.15, 0.2) is 11.5 Å². The van der Waals surface area contributed by atoms with Gasteiger partial charge in [-0.1, -0.05) is 26.0 Å². The van der Waals surface area contributed by atoms with E-state index in [-0.39, 0.29) is 6.03 Å². The van der Waals surface area contributed by atoms with Crippen LogP contribution in [-0.2, 0) is 13.0 Å². The number of hydrogen-bond acceptors (Lipinski definition) is 4. The summed E-state index contributed by atoms with van der Waals surface area (Å²) in [4.78, 5) is 14.3. The molecule has 6 nitrogen and oxygen atoms in total. The molecule has 0 aliphatic carbocycles. The number of urea groups is 1. The number of fused-ring (bicyclic) bond motifs is 1. The first-order valence-corrected chi connectivity index (χ1v) is 10.0. The highest BCUT2D eigenvalue weighted by atomic mass is 16.5. The van der Waals surface area contributed by atoms with Gasteiger partial charge in [-0.3, -0.25) is 0 Å². The standard InChI is InChI=1S/C23H30N2O4/c1-16(2)17-5-7-20(8-6-17)29-12-10-24-23(26)25-11-9-18-13-21(27-3)22(28-4)14-19(18)15-25/h5-8,13-14,16H,9-12,15H2,1-4H3,(H,24,26). The summed E-state index contributed by atoms with van der Waals surface area (Å²) in [6.45, 7) is 6.45. The van der Waals surface area contributed by atoms with E-state index in [4.69, 9.17) is 14.2 Å². The maximum atomic E-state index is 12.5. The summed E-state index contributed by atoms with van der Waals surface area (Å²) in [5.41, 5.74) is 3.57. The van der Waals surface area contributed by atoms with Crippen LogP contribution in [0.15, 0.2) is 36.4 Å². The highest BCUT2D eigenvalue weighted by molar-refractivity contribution is 5.74. The molecule has 0 fully saturated rings. The second-order valence-corrected chi connectivity index (χ2v) is 7.45. The molecular formula is C23H30N2O4. The van der Waals surface area contributed by atoms with Gasteiger partial charge in [0.25, 0.3) is 0 Å². The van der Waals surface area contributed by atoms with Gasteiger partial charge in [-0.2, -0.15) is 0 Å². The SMILES string of the molecule is COc1cc2c(cc1OC)CN(C(=O)NCCOc1ccc(C(C)C)cc1)CC2. The van der Waals surface area contributed by atoms with Crippen LogP contribution in [0.3, 0.4) is 0 Å². The van der Waals surface area contributed by atoms with Gasteiger partial charge in [-0.15, -0.1) is 0 Å². The van der Waals surface area contributed by atoms with Crippen LogP contribution < -0.4 is 19.5 Å². The number of rotatable bonds is 7. The first-order chi connectivity index (χ1) is 14.0. The molecule has 1 N–H and O–H groups in total. The second-order valence-electron chi connectivity index (χ2n) is 7.45. The summed E-state index contributed by atoms with van der Waals surface area (Å²) in [6, 6.07) is 12.0. The molecule has 3 rings (SSSR count). The minimum absolute atomic E-state index is 0.0795. The molecule has 2 aromatic carbocycles. The van der Waals surface area contributed by atoms with Crippen LogP contribution in [0.4, 0.5) is 4.79 Å². The summed E-state index contributed by atoms with van der Waals surface area (Å²) in [5.74, 6) is 2.73. The van der Waals surface area contributed by atoms with Gasteiger partial charge < -0.3 is 24.4 Å².